The first kappa shape index (κ1) is 24.2. The summed E-state index contributed by atoms with van der Waals surface area (Å²) < 4.78 is 42.8. The maximum atomic E-state index is 14.9. The van der Waals surface area contributed by atoms with E-state index in [4.69, 9.17) is 4.98 Å². The van der Waals surface area contributed by atoms with E-state index in [1.807, 2.05) is 10.6 Å². The molecule has 6 rings (SSSR count). The molecular formula is C25H21F3N8OS. The van der Waals surface area contributed by atoms with Gasteiger partial charge in [0.25, 0.3) is 12.3 Å². The third-order valence-corrected chi connectivity index (χ3v) is 7.58. The number of nitrogens with one attached hydrogen (secondary N) is 1. The van der Waals surface area contributed by atoms with Crippen LogP contribution in [0.4, 0.5) is 13.2 Å². The molecule has 194 valence electrons. The summed E-state index contributed by atoms with van der Waals surface area (Å²) in [5, 5.41) is 11.3. The molecule has 2 atom stereocenters. The van der Waals surface area contributed by atoms with Crippen molar-refractivity contribution in [3.63, 3.8) is 0 Å². The lowest BCUT2D eigenvalue weighted by Crippen LogP contribution is -2.39. The summed E-state index contributed by atoms with van der Waals surface area (Å²) in [5.74, 6) is 0.0748. The number of pyridine rings is 1. The van der Waals surface area contributed by atoms with Crippen LogP contribution in [-0.4, -0.2) is 46.5 Å². The molecule has 13 heteroatoms. The third-order valence-electron chi connectivity index (χ3n) is 6.58. The van der Waals surface area contributed by atoms with Crippen LogP contribution in [0.5, 0.6) is 0 Å². The second-order valence-corrected chi connectivity index (χ2v) is 10.1. The Balaban J connectivity index is 1.36. The summed E-state index contributed by atoms with van der Waals surface area (Å²) in [6, 6.07) is 7.92. The van der Waals surface area contributed by atoms with Gasteiger partial charge >= 0.3 is 0 Å². The number of hydrogen-bond acceptors (Lipinski definition) is 7. The van der Waals surface area contributed by atoms with Crippen LogP contribution in [-0.2, 0) is 0 Å². The van der Waals surface area contributed by atoms with Crippen LogP contribution < -0.4 is 5.32 Å². The van der Waals surface area contributed by atoms with Crippen LogP contribution in [0, 0.1) is 5.82 Å². The predicted molar refractivity (Wildman–Crippen MR) is 134 cm³/mol. The second-order valence-electron chi connectivity index (χ2n) is 8.99. The summed E-state index contributed by atoms with van der Waals surface area (Å²) in [6.45, 7) is 0. The van der Waals surface area contributed by atoms with Crippen LogP contribution >= 0.6 is 11.3 Å². The molecule has 1 aromatic carbocycles. The zero-order chi connectivity index (χ0) is 26.2. The zero-order valence-corrected chi connectivity index (χ0v) is 20.7. The molecular weight excluding hydrogens is 517 g/mol. The highest BCUT2D eigenvalue weighted by molar-refractivity contribution is 7.13. The quantitative estimate of drug-likeness (QED) is 0.322. The average molecular weight is 539 g/mol. The smallest absolute Gasteiger partial charge is 0.280 e. The lowest BCUT2D eigenvalue weighted by atomic mass is 9.90. The monoisotopic (exact) mass is 538 g/mol. The summed E-state index contributed by atoms with van der Waals surface area (Å²) in [4.78, 5) is 26.9. The molecule has 4 aromatic heterocycles. The van der Waals surface area contributed by atoms with Crippen molar-refractivity contribution in [2.75, 3.05) is 0 Å². The Morgan fingerprint density at radius 1 is 1.11 bits per heavy atom. The summed E-state index contributed by atoms with van der Waals surface area (Å²) in [6.07, 6.45) is 5.92. The van der Waals surface area contributed by atoms with Crippen LogP contribution in [0.25, 0.3) is 28.2 Å². The highest BCUT2D eigenvalue weighted by atomic mass is 32.1. The van der Waals surface area contributed by atoms with Crippen LogP contribution in [0.15, 0.2) is 55.1 Å². The number of halogens is 3. The standard InChI is InChI=1S/C25H21F3N8OS/c26-17-7-2-1-6-16(17)23-34-18-12-29-21(36-31-8-9-32-36)11-19(18)35(23)15-5-3-4-14(10-15)33-24(37)25-30-13-20(38-25)22(27)28/h1-2,6-9,11-15,22H,3-5,10H2,(H,33,37). The van der Waals surface area contributed by atoms with E-state index in [0.717, 1.165) is 31.0 Å². The fraction of sp³-hybridized carbons (Fsp3) is 0.280. The maximum absolute atomic E-state index is 14.9. The number of nitrogens with zero attached hydrogens (tertiary/aromatic N) is 7. The molecule has 0 radical (unpaired) electrons. The molecule has 0 saturated heterocycles. The Kier molecular flexibility index (Phi) is 6.35. The summed E-state index contributed by atoms with van der Waals surface area (Å²) >= 11 is 0.689. The molecule has 4 heterocycles. The van der Waals surface area contributed by atoms with E-state index in [1.165, 1.54) is 10.9 Å². The fourth-order valence-corrected chi connectivity index (χ4v) is 5.58. The predicted octanol–water partition coefficient (Wildman–Crippen LogP) is 5.13. The fourth-order valence-electron chi connectivity index (χ4n) is 4.90. The lowest BCUT2D eigenvalue weighted by molar-refractivity contribution is 0.0920. The Morgan fingerprint density at radius 2 is 1.92 bits per heavy atom. The average Bonchev–Trinajstić information content (AvgIpc) is 3.69. The Labute approximate surface area is 218 Å². The number of thiazole rings is 1. The van der Waals surface area contributed by atoms with Crippen molar-refractivity contribution in [2.24, 2.45) is 0 Å². The number of amides is 1. The molecule has 9 nitrogen and oxygen atoms in total. The van der Waals surface area contributed by atoms with Gasteiger partial charge < -0.3 is 9.88 Å². The normalized spacial score (nSPS) is 17.8. The van der Waals surface area contributed by atoms with E-state index in [2.05, 4.69) is 25.5 Å². The van der Waals surface area contributed by atoms with Crippen molar-refractivity contribution < 1.29 is 18.0 Å². The number of carbonyl (C=O) groups excluding carboxylic acids is 1. The number of hydrogen-bond donors (Lipinski definition) is 1. The summed E-state index contributed by atoms with van der Waals surface area (Å²) in [5.41, 5.74) is 1.69. The third kappa shape index (κ3) is 4.53. The number of fused-ring (bicyclic) bond motifs is 1. The highest BCUT2D eigenvalue weighted by Crippen LogP contribution is 2.37. The van der Waals surface area contributed by atoms with Gasteiger partial charge in [0, 0.05) is 24.3 Å². The molecule has 1 aliphatic carbocycles. The van der Waals surface area contributed by atoms with Gasteiger partial charge in [0.2, 0.25) is 0 Å². The first-order valence-corrected chi connectivity index (χ1v) is 12.8. The Morgan fingerprint density at radius 3 is 2.68 bits per heavy atom. The minimum absolute atomic E-state index is 0.00462. The van der Waals surface area contributed by atoms with Crippen molar-refractivity contribution in [2.45, 2.75) is 44.2 Å². The van der Waals surface area contributed by atoms with E-state index in [-0.39, 0.29) is 22.0 Å². The Hall–Kier alpha value is -4.13. The highest BCUT2D eigenvalue weighted by Gasteiger charge is 2.30. The van der Waals surface area contributed by atoms with E-state index in [1.54, 1.807) is 36.8 Å². The summed E-state index contributed by atoms with van der Waals surface area (Å²) in [7, 11) is 0. The number of carbonyl (C=O) groups is 1. The van der Waals surface area contributed by atoms with Crippen molar-refractivity contribution >= 4 is 28.3 Å². The molecule has 2 unspecified atom stereocenters. The van der Waals surface area contributed by atoms with E-state index in [9.17, 15) is 18.0 Å². The first-order chi connectivity index (χ1) is 18.5. The van der Waals surface area contributed by atoms with Crippen LogP contribution in [0.3, 0.4) is 0 Å². The number of benzene rings is 1. The van der Waals surface area contributed by atoms with E-state index in [0.29, 0.717) is 40.5 Å². The number of alkyl halides is 2. The molecule has 1 fully saturated rings. The van der Waals surface area contributed by atoms with E-state index < -0.39 is 18.1 Å². The molecule has 1 aliphatic rings. The van der Waals surface area contributed by atoms with Gasteiger partial charge in [-0.2, -0.15) is 10.2 Å². The van der Waals surface area contributed by atoms with E-state index >= 15 is 0 Å². The largest absolute Gasteiger partial charge is 0.347 e. The molecule has 1 amide bonds. The van der Waals surface area contributed by atoms with Gasteiger partial charge in [0.1, 0.15) is 17.2 Å². The molecule has 5 aromatic rings. The zero-order valence-electron chi connectivity index (χ0n) is 19.8. The number of imidazole rings is 1. The van der Waals surface area contributed by atoms with Crippen molar-refractivity contribution in [3.05, 3.63) is 70.8 Å². The van der Waals surface area contributed by atoms with Gasteiger partial charge in [-0.3, -0.25) is 4.79 Å². The van der Waals surface area contributed by atoms with Gasteiger partial charge in [-0.25, -0.2) is 28.1 Å². The number of aromatic nitrogens is 7. The lowest BCUT2D eigenvalue weighted by Gasteiger charge is -2.32. The minimum Gasteiger partial charge on any atom is -0.347 e. The minimum atomic E-state index is -2.67. The Bertz CT molecular complexity index is 1600. The van der Waals surface area contributed by atoms with Crippen molar-refractivity contribution in [1.29, 1.82) is 0 Å². The molecule has 0 bridgehead atoms. The topological polar surface area (TPSA) is 103 Å². The number of rotatable bonds is 6. The van der Waals surface area contributed by atoms with Gasteiger partial charge in [0.05, 0.1) is 34.5 Å². The SMILES string of the molecule is O=C(NC1CCCC(n2c(-c3ccccc3F)nc3cnc(-n4nccn4)cc32)C1)c1ncc(C(F)F)s1. The second kappa shape index (κ2) is 9.97. The molecule has 38 heavy (non-hydrogen) atoms. The molecule has 0 aliphatic heterocycles. The van der Waals surface area contributed by atoms with Gasteiger partial charge in [-0.15, -0.1) is 16.1 Å². The van der Waals surface area contributed by atoms with Gasteiger partial charge in [0.15, 0.2) is 10.8 Å². The van der Waals surface area contributed by atoms with Gasteiger partial charge in [-0.1, -0.05) is 12.1 Å². The van der Waals surface area contributed by atoms with Crippen molar-refractivity contribution in [1.82, 2.24) is 39.8 Å². The van der Waals surface area contributed by atoms with Crippen molar-refractivity contribution in [3.8, 4) is 17.2 Å². The first-order valence-electron chi connectivity index (χ1n) is 12.0. The maximum Gasteiger partial charge on any atom is 0.280 e. The van der Waals surface area contributed by atoms with Crippen LogP contribution in [0.1, 0.15) is 52.8 Å². The molecule has 1 N–H and O–H groups in total. The van der Waals surface area contributed by atoms with Crippen LogP contribution in [0.2, 0.25) is 0 Å². The molecule has 0 spiro atoms. The van der Waals surface area contributed by atoms with Gasteiger partial charge in [-0.05, 0) is 37.8 Å². The molecule has 1 saturated carbocycles.